The summed E-state index contributed by atoms with van der Waals surface area (Å²) in [6.45, 7) is 2.43. The van der Waals surface area contributed by atoms with Gasteiger partial charge < -0.3 is 10.5 Å². The van der Waals surface area contributed by atoms with E-state index in [1.165, 1.54) is 12.1 Å². The van der Waals surface area contributed by atoms with Gasteiger partial charge in [0, 0.05) is 16.8 Å². The number of ketones is 1. The molecule has 2 aromatic carbocycles. The Morgan fingerprint density at radius 1 is 1.29 bits per heavy atom. The predicted octanol–water partition coefficient (Wildman–Crippen LogP) is 4.97. The molecule has 0 aromatic heterocycles. The second-order valence-corrected chi connectivity index (χ2v) is 5.91. The van der Waals surface area contributed by atoms with Gasteiger partial charge in [-0.25, -0.2) is 0 Å². The van der Waals surface area contributed by atoms with Gasteiger partial charge in [-0.15, -0.1) is 0 Å². The minimum atomic E-state index is -0.252. The van der Waals surface area contributed by atoms with Crippen LogP contribution in [-0.4, -0.2) is 12.4 Å². The summed E-state index contributed by atoms with van der Waals surface area (Å²) in [7, 11) is 0. The molecule has 2 aromatic rings. The van der Waals surface area contributed by atoms with Crippen LogP contribution in [0.1, 0.15) is 22.8 Å². The van der Waals surface area contributed by atoms with Crippen molar-refractivity contribution in [2.45, 2.75) is 6.92 Å². The maximum atomic E-state index is 12.5. The Hall–Kier alpha value is -1.23. The number of rotatable bonds is 4. The Morgan fingerprint density at radius 2 is 2.00 bits per heavy atom. The van der Waals surface area contributed by atoms with Gasteiger partial charge in [0.1, 0.15) is 5.75 Å². The summed E-state index contributed by atoms with van der Waals surface area (Å²) < 4.78 is 6.11. The third-order valence-corrected chi connectivity index (χ3v) is 4.21. The van der Waals surface area contributed by atoms with E-state index in [1.54, 1.807) is 18.2 Å². The first-order chi connectivity index (χ1) is 9.93. The van der Waals surface area contributed by atoms with Crippen LogP contribution in [0.3, 0.4) is 0 Å². The van der Waals surface area contributed by atoms with E-state index in [2.05, 4.69) is 15.9 Å². The lowest BCUT2D eigenvalue weighted by Gasteiger charge is -2.09. The lowest BCUT2D eigenvalue weighted by atomic mass is 10.0. The van der Waals surface area contributed by atoms with Crippen LogP contribution in [0.2, 0.25) is 10.0 Å². The molecular formula is C15H12BrCl2NO2. The van der Waals surface area contributed by atoms with Crippen molar-refractivity contribution in [1.82, 2.24) is 0 Å². The smallest absolute Gasteiger partial charge is 0.194 e. The van der Waals surface area contributed by atoms with Crippen LogP contribution in [0.25, 0.3) is 0 Å². The van der Waals surface area contributed by atoms with Crippen molar-refractivity contribution in [3.63, 3.8) is 0 Å². The second kappa shape index (κ2) is 6.69. The van der Waals surface area contributed by atoms with Crippen molar-refractivity contribution in [3.05, 3.63) is 56.0 Å². The summed E-state index contributed by atoms with van der Waals surface area (Å²) in [5.41, 5.74) is 6.84. The van der Waals surface area contributed by atoms with E-state index in [0.717, 1.165) is 0 Å². The molecule has 0 heterocycles. The first kappa shape index (κ1) is 16.1. The summed E-state index contributed by atoms with van der Waals surface area (Å²) in [6.07, 6.45) is 0. The zero-order valence-electron chi connectivity index (χ0n) is 11.1. The molecule has 21 heavy (non-hydrogen) atoms. The Bertz CT molecular complexity index is 704. The predicted molar refractivity (Wildman–Crippen MR) is 89.6 cm³/mol. The number of nitrogen functional groups attached to an aromatic ring is 1. The summed E-state index contributed by atoms with van der Waals surface area (Å²) in [4.78, 5) is 12.5. The SMILES string of the molecule is CCOc1ccc(C(=O)c2cc(N)cc(Cl)c2Cl)cc1Br. The lowest BCUT2D eigenvalue weighted by molar-refractivity contribution is 0.103. The van der Waals surface area contributed by atoms with Gasteiger partial charge in [0.2, 0.25) is 0 Å². The van der Waals surface area contributed by atoms with Crippen molar-refractivity contribution in [2.75, 3.05) is 12.3 Å². The zero-order valence-corrected chi connectivity index (χ0v) is 14.2. The molecule has 0 saturated heterocycles. The Balaban J connectivity index is 2.43. The number of halogens is 3. The zero-order chi connectivity index (χ0) is 15.6. The molecule has 0 unspecified atom stereocenters. The number of nitrogens with two attached hydrogens (primary N) is 1. The lowest BCUT2D eigenvalue weighted by Crippen LogP contribution is -2.04. The van der Waals surface area contributed by atoms with Crippen LogP contribution < -0.4 is 10.5 Å². The van der Waals surface area contributed by atoms with E-state index in [-0.39, 0.29) is 21.4 Å². The van der Waals surface area contributed by atoms with Crippen molar-refractivity contribution in [1.29, 1.82) is 0 Å². The molecule has 6 heteroatoms. The molecule has 0 fully saturated rings. The van der Waals surface area contributed by atoms with E-state index in [0.29, 0.717) is 28.1 Å². The van der Waals surface area contributed by atoms with Gasteiger partial charge in [-0.3, -0.25) is 4.79 Å². The van der Waals surface area contributed by atoms with Crippen LogP contribution >= 0.6 is 39.1 Å². The highest BCUT2D eigenvalue weighted by atomic mass is 79.9. The molecule has 2 N–H and O–H groups in total. The molecule has 0 aliphatic carbocycles. The molecule has 0 atom stereocenters. The monoisotopic (exact) mass is 387 g/mol. The fourth-order valence-electron chi connectivity index (χ4n) is 1.85. The van der Waals surface area contributed by atoms with Crippen LogP contribution in [-0.2, 0) is 0 Å². The van der Waals surface area contributed by atoms with Gasteiger partial charge in [0.05, 0.1) is 21.1 Å². The number of hydrogen-bond acceptors (Lipinski definition) is 3. The van der Waals surface area contributed by atoms with Crippen molar-refractivity contribution in [2.24, 2.45) is 0 Å². The molecule has 0 saturated carbocycles. The van der Waals surface area contributed by atoms with E-state index < -0.39 is 0 Å². The first-order valence-corrected chi connectivity index (χ1v) is 7.70. The minimum Gasteiger partial charge on any atom is -0.493 e. The fraction of sp³-hybridized carbons (Fsp3) is 0.133. The second-order valence-electron chi connectivity index (χ2n) is 4.27. The van der Waals surface area contributed by atoms with E-state index in [1.807, 2.05) is 6.92 Å². The van der Waals surface area contributed by atoms with Crippen LogP contribution in [0, 0.1) is 0 Å². The van der Waals surface area contributed by atoms with E-state index in [4.69, 9.17) is 33.7 Å². The minimum absolute atomic E-state index is 0.195. The molecule has 0 bridgehead atoms. The van der Waals surface area contributed by atoms with Gasteiger partial charge in [-0.1, -0.05) is 23.2 Å². The third-order valence-electron chi connectivity index (χ3n) is 2.79. The van der Waals surface area contributed by atoms with Gasteiger partial charge in [-0.05, 0) is 53.2 Å². The highest BCUT2D eigenvalue weighted by Gasteiger charge is 2.17. The molecular weight excluding hydrogens is 377 g/mol. The number of ether oxygens (including phenoxy) is 1. The number of benzene rings is 2. The summed E-state index contributed by atoms with van der Waals surface area (Å²) in [5, 5.41) is 0.450. The molecule has 0 spiro atoms. The van der Waals surface area contributed by atoms with Gasteiger partial charge in [0.15, 0.2) is 5.78 Å². The maximum Gasteiger partial charge on any atom is 0.194 e. The maximum absolute atomic E-state index is 12.5. The molecule has 3 nitrogen and oxygen atoms in total. The molecule has 0 aliphatic rings. The standard InChI is InChI=1S/C15H12BrCl2NO2/c1-2-21-13-4-3-8(5-11(13)16)15(20)10-6-9(19)7-12(17)14(10)18/h3-7H,2,19H2,1H3. The van der Waals surface area contributed by atoms with Gasteiger partial charge in [-0.2, -0.15) is 0 Å². The average molecular weight is 389 g/mol. The fourth-order valence-corrected chi connectivity index (χ4v) is 2.76. The molecule has 2 rings (SSSR count). The topological polar surface area (TPSA) is 52.3 Å². The Morgan fingerprint density at radius 3 is 2.62 bits per heavy atom. The highest BCUT2D eigenvalue weighted by molar-refractivity contribution is 9.10. The molecule has 0 radical (unpaired) electrons. The molecule has 110 valence electrons. The first-order valence-electron chi connectivity index (χ1n) is 6.15. The Labute approximate surface area is 141 Å². The largest absolute Gasteiger partial charge is 0.493 e. The van der Waals surface area contributed by atoms with Crippen molar-refractivity contribution >= 4 is 50.6 Å². The Kier molecular flexibility index (Phi) is 5.14. The summed E-state index contributed by atoms with van der Waals surface area (Å²) in [6, 6.07) is 8.10. The third kappa shape index (κ3) is 3.51. The molecule has 0 aliphatic heterocycles. The normalized spacial score (nSPS) is 10.5. The van der Waals surface area contributed by atoms with Crippen LogP contribution in [0.15, 0.2) is 34.8 Å². The van der Waals surface area contributed by atoms with Crippen molar-refractivity contribution < 1.29 is 9.53 Å². The van der Waals surface area contributed by atoms with E-state index in [9.17, 15) is 4.79 Å². The van der Waals surface area contributed by atoms with Crippen LogP contribution in [0.5, 0.6) is 5.75 Å². The number of hydrogen-bond donors (Lipinski definition) is 1. The van der Waals surface area contributed by atoms with Crippen molar-refractivity contribution in [3.8, 4) is 5.75 Å². The number of carbonyl (C=O) groups is 1. The van der Waals surface area contributed by atoms with E-state index >= 15 is 0 Å². The van der Waals surface area contributed by atoms with Crippen LogP contribution in [0.4, 0.5) is 5.69 Å². The quantitative estimate of drug-likeness (QED) is 0.594. The number of anilines is 1. The van der Waals surface area contributed by atoms with Gasteiger partial charge in [0.25, 0.3) is 0 Å². The summed E-state index contributed by atoms with van der Waals surface area (Å²) in [5.74, 6) is 0.420. The summed E-state index contributed by atoms with van der Waals surface area (Å²) >= 11 is 15.4. The highest BCUT2D eigenvalue weighted by Crippen LogP contribution is 2.32. The average Bonchev–Trinajstić information content (AvgIpc) is 2.44. The van der Waals surface area contributed by atoms with Gasteiger partial charge >= 0.3 is 0 Å². The number of carbonyl (C=O) groups excluding carboxylic acids is 1. The molecule has 0 amide bonds.